The average Bonchev–Trinajstić information content (AvgIpc) is 2.74. The first-order chi connectivity index (χ1) is 13.9. The zero-order chi connectivity index (χ0) is 20.8. The van der Waals surface area contributed by atoms with Crippen molar-refractivity contribution in [3.8, 4) is 0 Å². The number of benzene rings is 3. The Kier molecular flexibility index (Phi) is 6.19. The average molecular weight is 386 g/mol. The lowest BCUT2D eigenvalue weighted by atomic mass is 10.1. The fourth-order valence-electron chi connectivity index (χ4n) is 2.90. The summed E-state index contributed by atoms with van der Waals surface area (Å²) in [4.78, 5) is 36.5. The molecular formula is C24H22N2O3. The van der Waals surface area contributed by atoms with Crippen molar-refractivity contribution in [3.05, 3.63) is 101 Å². The van der Waals surface area contributed by atoms with E-state index in [9.17, 15) is 14.4 Å². The maximum atomic E-state index is 12.6. The number of rotatable bonds is 6. The molecule has 0 saturated carbocycles. The molecule has 2 N–H and O–H groups in total. The lowest BCUT2D eigenvalue weighted by Crippen LogP contribution is -2.27. The van der Waals surface area contributed by atoms with Crippen LogP contribution >= 0.6 is 0 Å². The van der Waals surface area contributed by atoms with E-state index in [2.05, 4.69) is 10.6 Å². The molecule has 0 fully saturated rings. The van der Waals surface area contributed by atoms with E-state index in [4.69, 9.17) is 0 Å². The number of amides is 2. The predicted molar refractivity (Wildman–Crippen MR) is 113 cm³/mol. The molecule has 0 aromatic heterocycles. The third-order valence-corrected chi connectivity index (χ3v) is 4.58. The van der Waals surface area contributed by atoms with E-state index in [1.165, 1.54) is 6.92 Å². The number of anilines is 1. The van der Waals surface area contributed by atoms with Gasteiger partial charge in [0.1, 0.15) is 0 Å². The van der Waals surface area contributed by atoms with Crippen LogP contribution in [0.2, 0.25) is 0 Å². The van der Waals surface area contributed by atoms with Crippen LogP contribution in [-0.4, -0.2) is 17.6 Å². The molecule has 0 radical (unpaired) electrons. The van der Waals surface area contributed by atoms with Gasteiger partial charge in [0.05, 0.1) is 6.04 Å². The highest BCUT2D eigenvalue weighted by Gasteiger charge is 2.14. The molecule has 0 heterocycles. The normalized spacial score (nSPS) is 11.4. The van der Waals surface area contributed by atoms with Gasteiger partial charge in [-0.1, -0.05) is 36.4 Å². The molecule has 1 atom stereocenters. The maximum Gasteiger partial charge on any atom is 0.255 e. The number of Topliss-reactive ketones (excluding diaryl/α,β-unsaturated/α-hetero) is 1. The standard InChI is InChI=1S/C24H22N2O3/c1-16(18-7-4-3-5-8-18)25-23(28)20-9-6-10-21(15-20)24(29)26-22-13-11-19(12-14-22)17(2)27/h3-16H,1-2H3,(H,25,28)(H,26,29). The molecule has 5 nitrogen and oxygen atoms in total. The Balaban J connectivity index is 1.68. The summed E-state index contributed by atoms with van der Waals surface area (Å²) in [6.45, 7) is 3.40. The number of nitrogens with one attached hydrogen (secondary N) is 2. The Morgan fingerprint density at radius 3 is 1.97 bits per heavy atom. The van der Waals surface area contributed by atoms with Crippen molar-refractivity contribution in [2.24, 2.45) is 0 Å². The monoisotopic (exact) mass is 386 g/mol. The van der Waals surface area contributed by atoms with E-state index in [0.717, 1.165) is 5.56 Å². The van der Waals surface area contributed by atoms with Gasteiger partial charge < -0.3 is 10.6 Å². The van der Waals surface area contributed by atoms with Crippen molar-refractivity contribution in [2.45, 2.75) is 19.9 Å². The van der Waals surface area contributed by atoms with Gasteiger partial charge in [-0.05, 0) is 61.9 Å². The molecule has 0 aliphatic rings. The molecule has 2 amide bonds. The van der Waals surface area contributed by atoms with Crippen LogP contribution in [0.5, 0.6) is 0 Å². The molecule has 29 heavy (non-hydrogen) atoms. The third-order valence-electron chi connectivity index (χ3n) is 4.58. The van der Waals surface area contributed by atoms with Crippen LogP contribution in [0.3, 0.4) is 0 Å². The van der Waals surface area contributed by atoms with E-state index < -0.39 is 0 Å². The second-order valence-corrected chi connectivity index (χ2v) is 6.77. The molecular weight excluding hydrogens is 364 g/mol. The second kappa shape index (κ2) is 8.97. The summed E-state index contributed by atoms with van der Waals surface area (Å²) < 4.78 is 0. The summed E-state index contributed by atoms with van der Waals surface area (Å²) in [5, 5.41) is 5.72. The Morgan fingerprint density at radius 1 is 0.724 bits per heavy atom. The minimum atomic E-state index is -0.327. The zero-order valence-electron chi connectivity index (χ0n) is 16.3. The molecule has 3 aromatic carbocycles. The molecule has 0 bridgehead atoms. The summed E-state index contributed by atoms with van der Waals surface area (Å²) in [7, 11) is 0. The number of carbonyl (C=O) groups is 3. The van der Waals surface area contributed by atoms with E-state index in [1.54, 1.807) is 48.5 Å². The van der Waals surface area contributed by atoms with Crippen LogP contribution < -0.4 is 10.6 Å². The number of hydrogen-bond acceptors (Lipinski definition) is 3. The van der Waals surface area contributed by atoms with Gasteiger partial charge in [0.2, 0.25) is 0 Å². The largest absolute Gasteiger partial charge is 0.346 e. The van der Waals surface area contributed by atoms with Crippen molar-refractivity contribution in [1.82, 2.24) is 5.32 Å². The van der Waals surface area contributed by atoms with E-state index >= 15 is 0 Å². The highest BCUT2D eigenvalue weighted by atomic mass is 16.2. The van der Waals surface area contributed by atoms with Crippen LogP contribution in [0.25, 0.3) is 0 Å². The van der Waals surface area contributed by atoms with Gasteiger partial charge in [0, 0.05) is 22.4 Å². The first kappa shape index (κ1) is 20.0. The summed E-state index contributed by atoms with van der Waals surface area (Å²) in [5.41, 5.74) is 2.94. The lowest BCUT2D eigenvalue weighted by Gasteiger charge is -2.14. The van der Waals surface area contributed by atoms with Crippen molar-refractivity contribution in [1.29, 1.82) is 0 Å². The van der Waals surface area contributed by atoms with Crippen LogP contribution in [0.15, 0.2) is 78.9 Å². The summed E-state index contributed by atoms with van der Waals surface area (Å²) >= 11 is 0. The third kappa shape index (κ3) is 5.17. The van der Waals surface area contributed by atoms with Gasteiger partial charge in [-0.15, -0.1) is 0 Å². The van der Waals surface area contributed by atoms with Crippen LogP contribution in [0.4, 0.5) is 5.69 Å². The summed E-state index contributed by atoms with van der Waals surface area (Å²) in [5.74, 6) is -0.612. The molecule has 0 saturated heterocycles. The SMILES string of the molecule is CC(=O)c1ccc(NC(=O)c2cccc(C(=O)NC(C)c3ccccc3)c2)cc1. The maximum absolute atomic E-state index is 12.6. The van der Waals surface area contributed by atoms with E-state index in [1.807, 2.05) is 37.3 Å². The Hall–Kier alpha value is -3.73. The summed E-state index contributed by atoms with van der Waals surface area (Å²) in [6.07, 6.45) is 0. The fourth-order valence-corrected chi connectivity index (χ4v) is 2.90. The molecule has 3 aromatic rings. The van der Waals surface area contributed by atoms with Crippen LogP contribution in [-0.2, 0) is 0 Å². The molecule has 0 spiro atoms. The molecule has 0 aliphatic heterocycles. The van der Waals surface area contributed by atoms with E-state index in [-0.39, 0.29) is 23.6 Å². The number of ketones is 1. The van der Waals surface area contributed by atoms with Crippen molar-refractivity contribution < 1.29 is 14.4 Å². The van der Waals surface area contributed by atoms with Gasteiger partial charge in [0.25, 0.3) is 11.8 Å². The van der Waals surface area contributed by atoms with Crippen molar-refractivity contribution in [3.63, 3.8) is 0 Å². The van der Waals surface area contributed by atoms with Gasteiger partial charge in [-0.2, -0.15) is 0 Å². The van der Waals surface area contributed by atoms with Gasteiger partial charge in [-0.25, -0.2) is 0 Å². The van der Waals surface area contributed by atoms with Crippen molar-refractivity contribution in [2.75, 3.05) is 5.32 Å². The lowest BCUT2D eigenvalue weighted by molar-refractivity contribution is 0.0939. The van der Waals surface area contributed by atoms with Gasteiger partial charge in [-0.3, -0.25) is 14.4 Å². The number of hydrogen-bond donors (Lipinski definition) is 2. The smallest absolute Gasteiger partial charge is 0.255 e. The van der Waals surface area contributed by atoms with Crippen LogP contribution in [0, 0.1) is 0 Å². The molecule has 146 valence electrons. The Labute approximate surface area is 169 Å². The minimum absolute atomic E-state index is 0.0358. The topological polar surface area (TPSA) is 75.3 Å². The molecule has 1 unspecified atom stereocenters. The first-order valence-electron chi connectivity index (χ1n) is 9.32. The highest BCUT2D eigenvalue weighted by Crippen LogP contribution is 2.15. The Morgan fingerprint density at radius 2 is 1.34 bits per heavy atom. The fraction of sp³-hybridized carbons (Fsp3) is 0.125. The van der Waals surface area contributed by atoms with Crippen molar-refractivity contribution >= 4 is 23.3 Å². The molecule has 5 heteroatoms. The van der Waals surface area contributed by atoms with Crippen LogP contribution in [0.1, 0.15) is 56.5 Å². The quantitative estimate of drug-likeness (QED) is 0.607. The van der Waals surface area contributed by atoms with E-state index in [0.29, 0.717) is 22.4 Å². The molecule has 0 aliphatic carbocycles. The molecule has 3 rings (SSSR count). The second-order valence-electron chi connectivity index (χ2n) is 6.77. The zero-order valence-corrected chi connectivity index (χ0v) is 16.3. The number of carbonyl (C=O) groups excluding carboxylic acids is 3. The Bertz CT molecular complexity index is 1030. The summed E-state index contributed by atoms with van der Waals surface area (Å²) in [6, 6.07) is 22.7. The van der Waals surface area contributed by atoms with Gasteiger partial charge >= 0.3 is 0 Å². The predicted octanol–water partition coefficient (Wildman–Crippen LogP) is 4.63. The minimum Gasteiger partial charge on any atom is -0.346 e. The van der Waals surface area contributed by atoms with Gasteiger partial charge in [0.15, 0.2) is 5.78 Å². The highest BCUT2D eigenvalue weighted by molar-refractivity contribution is 6.06. The first-order valence-corrected chi connectivity index (χ1v) is 9.32.